The van der Waals surface area contributed by atoms with Crippen LogP contribution < -0.4 is 10.1 Å². The van der Waals surface area contributed by atoms with Gasteiger partial charge in [-0.3, -0.25) is 0 Å². The molecule has 1 aromatic rings. The molecular weight excluding hydrogens is 192 g/mol. The van der Waals surface area contributed by atoms with Gasteiger partial charge in [-0.1, -0.05) is 13.3 Å². The molecule has 0 fully saturated rings. The Morgan fingerprint density at radius 3 is 2.67 bits per heavy atom. The third kappa shape index (κ3) is 4.10. The number of nitrogens with zero attached hydrogens (tertiary/aromatic N) is 3. The van der Waals surface area contributed by atoms with Gasteiger partial charge in [-0.15, -0.1) is 0 Å². The van der Waals surface area contributed by atoms with Gasteiger partial charge >= 0.3 is 6.01 Å². The highest BCUT2D eigenvalue weighted by Crippen LogP contribution is 2.07. The van der Waals surface area contributed by atoms with E-state index in [0.29, 0.717) is 24.4 Å². The van der Waals surface area contributed by atoms with Crippen LogP contribution in [0, 0.1) is 6.92 Å². The van der Waals surface area contributed by atoms with Crippen molar-refractivity contribution in [1.29, 1.82) is 0 Å². The van der Waals surface area contributed by atoms with Gasteiger partial charge in [0.1, 0.15) is 5.82 Å². The third-order valence-electron chi connectivity index (χ3n) is 1.79. The SMILES string of the molecule is CCCCOc1nc(C)nc(NCC)n1. The average Bonchev–Trinajstić information content (AvgIpc) is 2.18. The van der Waals surface area contributed by atoms with Gasteiger partial charge < -0.3 is 10.1 Å². The zero-order valence-electron chi connectivity index (χ0n) is 9.58. The lowest BCUT2D eigenvalue weighted by molar-refractivity contribution is 0.284. The van der Waals surface area contributed by atoms with Gasteiger partial charge in [0.15, 0.2) is 0 Å². The maximum absolute atomic E-state index is 5.41. The Kier molecular flexibility index (Phi) is 4.80. The topological polar surface area (TPSA) is 59.9 Å². The predicted molar refractivity (Wildman–Crippen MR) is 59.1 cm³/mol. The summed E-state index contributed by atoms with van der Waals surface area (Å²) in [5.41, 5.74) is 0. The Morgan fingerprint density at radius 1 is 1.20 bits per heavy atom. The van der Waals surface area contributed by atoms with Crippen molar-refractivity contribution >= 4 is 5.95 Å². The van der Waals surface area contributed by atoms with E-state index < -0.39 is 0 Å². The molecule has 0 amide bonds. The first-order chi connectivity index (χ1) is 7.26. The van der Waals surface area contributed by atoms with Gasteiger partial charge in [-0.2, -0.15) is 15.0 Å². The first-order valence-electron chi connectivity index (χ1n) is 5.35. The largest absolute Gasteiger partial charge is 0.463 e. The number of hydrogen-bond donors (Lipinski definition) is 1. The van der Waals surface area contributed by atoms with Crippen molar-refractivity contribution in [2.24, 2.45) is 0 Å². The quantitative estimate of drug-likeness (QED) is 0.725. The van der Waals surface area contributed by atoms with Crippen molar-refractivity contribution in [3.05, 3.63) is 5.82 Å². The summed E-state index contributed by atoms with van der Waals surface area (Å²) in [6, 6.07) is 0.409. The molecule has 84 valence electrons. The van der Waals surface area contributed by atoms with Crippen LogP contribution in [0.3, 0.4) is 0 Å². The Labute approximate surface area is 90.3 Å². The molecule has 1 aromatic heterocycles. The summed E-state index contributed by atoms with van der Waals surface area (Å²) in [5, 5.41) is 3.04. The van der Waals surface area contributed by atoms with Gasteiger partial charge in [0, 0.05) is 6.54 Å². The van der Waals surface area contributed by atoms with E-state index in [4.69, 9.17) is 4.74 Å². The van der Waals surface area contributed by atoms with Crippen LogP contribution in [0.1, 0.15) is 32.5 Å². The van der Waals surface area contributed by atoms with Crippen LogP contribution in [0.2, 0.25) is 0 Å². The molecule has 15 heavy (non-hydrogen) atoms. The lowest BCUT2D eigenvalue weighted by atomic mass is 10.4. The van der Waals surface area contributed by atoms with E-state index in [1.165, 1.54) is 0 Å². The fourth-order valence-corrected chi connectivity index (χ4v) is 1.07. The summed E-state index contributed by atoms with van der Waals surface area (Å²) in [6.07, 6.45) is 2.12. The highest BCUT2D eigenvalue weighted by molar-refractivity contribution is 5.25. The van der Waals surface area contributed by atoms with Gasteiger partial charge in [0.2, 0.25) is 5.95 Å². The first kappa shape index (κ1) is 11.7. The Hall–Kier alpha value is -1.39. The number of unbranched alkanes of at least 4 members (excludes halogenated alkanes) is 1. The molecule has 0 aliphatic carbocycles. The zero-order valence-corrected chi connectivity index (χ0v) is 9.58. The van der Waals surface area contributed by atoms with Crippen molar-refractivity contribution in [3.63, 3.8) is 0 Å². The molecule has 0 unspecified atom stereocenters. The second-order valence-electron chi connectivity index (χ2n) is 3.22. The fraction of sp³-hybridized carbons (Fsp3) is 0.700. The van der Waals surface area contributed by atoms with Crippen molar-refractivity contribution in [1.82, 2.24) is 15.0 Å². The highest BCUT2D eigenvalue weighted by Gasteiger charge is 2.03. The van der Waals surface area contributed by atoms with Crippen LogP contribution in [0.25, 0.3) is 0 Å². The maximum atomic E-state index is 5.41. The first-order valence-corrected chi connectivity index (χ1v) is 5.35. The molecule has 0 aliphatic heterocycles. The van der Waals surface area contributed by atoms with Gasteiger partial charge in [0.05, 0.1) is 6.61 Å². The van der Waals surface area contributed by atoms with Crippen LogP contribution in [-0.2, 0) is 0 Å². The van der Waals surface area contributed by atoms with E-state index in [1.54, 1.807) is 0 Å². The molecule has 1 N–H and O–H groups in total. The van der Waals surface area contributed by atoms with Crippen molar-refractivity contribution in [3.8, 4) is 6.01 Å². The van der Waals surface area contributed by atoms with E-state index in [0.717, 1.165) is 19.4 Å². The normalized spacial score (nSPS) is 10.1. The Balaban J connectivity index is 2.62. The molecule has 5 nitrogen and oxygen atoms in total. The second-order valence-corrected chi connectivity index (χ2v) is 3.22. The lowest BCUT2D eigenvalue weighted by Gasteiger charge is -2.06. The number of aryl methyl sites for hydroxylation is 1. The van der Waals surface area contributed by atoms with Crippen LogP contribution in [0.15, 0.2) is 0 Å². The minimum Gasteiger partial charge on any atom is -0.463 e. The fourth-order valence-electron chi connectivity index (χ4n) is 1.07. The van der Waals surface area contributed by atoms with Gasteiger partial charge in [0.25, 0.3) is 0 Å². The summed E-state index contributed by atoms with van der Waals surface area (Å²) >= 11 is 0. The Morgan fingerprint density at radius 2 is 2.00 bits per heavy atom. The van der Waals surface area contributed by atoms with Crippen molar-refractivity contribution < 1.29 is 4.74 Å². The van der Waals surface area contributed by atoms with E-state index in [9.17, 15) is 0 Å². The summed E-state index contributed by atoms with van der Waals surface area (Å²) in [6.45, 7) is 7.39. The van der Waals surface area contributed by atoms with E-state index in [1.807, 2.05) is 13.8 Å². The molecule has 0 aromatic carbocycles. The molecule has 0 spiro atoms. The molecule has 1 heterocycles. The number of hydrogen-bond acceptors (Lipinski definition) is 5. The predicted octanol–water partition coefficient (Wildman–Crippen LogP) is 1.79. The summed E-state index contributed by atoms with van der Waals surface area (Å²) in [7, 11) is 0. The zero-order chi connectivity index (χ0) is 11.1. The summed E-state index contributed by atoms with van der Waals surface area (Å²) < 4.78 is 5.41. The van der Waals surface area contributed by atoms with Crippen LogP contribution >= 0.6 is 0 Å². The molecule has 0 bridgehead atoms. The average molecular weight is 210 g/mol. The second kappa shape index (κ2) is 6.16. The monoisotopic (exact) mass is 210 g/mol. The van der Waals surface area contributed by atoms with Crippen molar-refractivity contribution in [2.75, 3.05) is 18.5 Å². The molecule has 0 saturated heterocycles. The number of anilines is 1. The minimum atomic E-state index is 0.409. The highest BCUT2D eigenvalue weighted by atomic mass is 16.5. The number of nitrogens with one attached hydrogen (secondary N) is 1. The number of aromatic nitrogens is 3. The van der Waals surface area contributed by atoms with Gasteiger partial charge in [-0.25, -0.2) is 0 Å². The number of rotatable bonds is 6. The lowest BCUT2D eigenvalue weighted by Crippen LogP contribution is -2.08. The Bertz CT molecular complexity index is 303. The van der Waals surface area contributed by atoms with Crippen LogP contribution in [0.5, 0.6) is 6.01 Å². The van der Waals surface area contributed by atoms with E-state index in [2.05, 4.69) is 27.2 Å². The smallest absolute Gasteiger partial charge is 0.321 e. The standard InChI is InChI=1S/C10H18N4O/c1-4-6-7-15-10-13-8(3)12-9(14-10)11-5-2/h4-7H2,1-3H3,(H,11,12,13,14). The molecule has 0 radical (unpaired) electrons. The molecule has 1 rings (SSSR count). The van der Waals surface area contributed by atoms with E-state index in [-0.39, 0.29) is 0 Å². The van der Waals surface area contributed by atoms with E-state index >= 15 is 0 Å². The molecule has 0 saturated carbocycles. The van der Waals surface area contributed by atoms with Crippen LogP contribution in [-0.4, -0.2) is 28.1 Å². The maximum Gasteiger partial charge on any atom is 0.321 e. The summed E-state index contributed by atoms with van der Waals surface area (Å²) in [4.78, 5) is 12.4. The molecule has 0 aliphatic rings. The molecular formula is C10H18N4O. The minimum absolute atomic E-state index is 0.409. The molecule has 0 atom stereocenters. The number of ether oxygens (including phenoxy) is 1. The van der Waals surface area contributed by atoms with Gasteiger partial charge in [-0.05, 0) is 20.3 Å². The molecule has 5 heteroatoms. The van der Waals surface area contributed by atoms with Crippen molar-refractivity contribution in [2.45, 2.75) is 33.6 Å². The summed E-state index contributed by atoms with van der Waals surface area (Å²) in [5.74, 6) is 1.25. The third-order valence-corrected chi connectivity index (χ3v) is 1.79. The van der Waals surface area contributed by atoms with Crippen LogP contribution in [0.4, 0.5) is 5.95 Å².